The number of anilines is 1. The number of alkyl halides is 2. The number of piperidine rings is 1. The average molecular weight is 813 g/mol. The number of fused-ring (bicyclic) bond motifs is 2. The SMILES string of the molecule is NC(=S)c1cccc(-c2cn(C3CCC(F)(F)CC3)c3cc(NC(=O)CCNCCCCCCOc4cccc5c4C(=O)N(C4CCC(=O)NC4=O)C5=O)ccc23)c1. The minimum atomic E-state index is -2.65. The molecule has 1 aliphatic carbocycles. The fraction of sp³-hybridized carbons (Fsp3) is 0.395. The molecule has 15 heteroatoms. The topological polar surface area (TPSA) is 165 Å². The number of carbonyl (C=O) groups excluding carboxylic acids is 5. The zero-order valence-corrected chi connectivity index (χ0v) is 32.8. The fourth-order valence-corrected chi connectivity index (χ4v) is 8.17. The van der Waals surface area contributed by atoms with Crippen LogP contribution in [0.5, 0.6) is 5.75 Å². The highest BCUT2D eigenvalue weighted by Gasteiger charge is 2.46. The largest absolute Gasteiger partial charge is 0.493 e. The van der Waals surface area contributed by atoms with Crippen LogP contribution in [0.1, 0.15) is 103 Å². The number of carbonyl (C=O) groups is 5. The zero-order chi connectivity index (χ0) is 41.0. The monoisotopic (exact) mass is 812 g/mol. The van der Waals surface area contributed by atoms with E-state index in [1.54, 1.807) is 12.1 Å². The number of amides is 5. The van der Waals surface area contributed by atoms with E-state index < -0.39 is 35.6 Å². The number of unbranched alkanes of at least 4 members (excludes halogenated alkanes) is 3. The number of nitrogens with zero attached hydrogens (tertiary/aromatic N) is 2. The number of benzene rings is 3. The van der Waals surface area contributed by atoms with Gasteiger partial charge < -0.3 is 25.7 Å². The minimum Gasteiger partial charge on any atom is -0.493 e. The number of thiocarbonyl (C=S) groups is 1. The van der Waals surface area contributed by atoms with Crippen molar-refractivity contribution in [3.05, 3.63) is 83.6 Å². The third-order valence-electron chi connectivity index (χ3n) is 11.1. The van der Waals surface area contributed by atoms with E-state index >= 15 is 0 Å². The quantitative estimate of drug-likeness (QED) is 0.0551. The van der Waals surface area contributed by atoms with Crippen LogP contribution in [0.3, 0.4) is 0 Å². The Morgan fingerprint density at radius 3 is 2.47 bits per heavy atom. The summed E-state index contributed by atoms with van der Waals surface area (Å²) in [6.07, 6.45) is 6.19. The molecule has 304 valence electrons. The van der Waals surface area contributed by atoms with Crippen molar-refractivity contribution in [2.75, 3.05) is 25.0 Å². The Kier molecular flexibility index (Phi) is 12.3. The first-order valence-corrected chi connectivity index (χ1v) is 20.2. The van der Waals surface area contributed by atoms with E-state index in [2.05, 4.69) is 20.5 Å². The summed E-state index contributed by atoms with van der Waals surface area (Å²) >= 11 is 5.20. The van der Waals surface area contributed by atoms with Gasteiger partial charge in [-0.1, -0.05) is 55.4 Å². The predicted octanol–water partition coefficient (Wildman–Crippen LogP) is 6.65. The van der Waals surface area contributed by atoms with Crippen LogP contribution in [0.2, 0.25) is 0 Å². The van der Waals surface area contributed by atoms with Crippen molar-refractivity contribution in [2.45, 2.75) is 88.6 Å². The number of rotatable bonds is 16. The highest BCUT2D eigenvalue weighted by atomic mass is 32.1. The van der Waals surface area contributed by atoms with E-state index in [0.717, 1.165) is 64.7 Å². The Bertz CT molecular complexity index is 2270. The Morgan fingerprint density at radius 1 is 0.914 bits per heavy atom. The van der Waals surface area contributed by atoms with Crippen molar-refractivity contribution in [2.24, 2.45) is 5.73 Å². The van der Waals surface area contributed by atoms with Gasteiger partial charge in [-0.05, 0) is 74.5 Å². The zero-order valence-electron chi connectivity index (χ0n) is 32.0. The molecule has 3 aliphatic rings. The van der Waals surface area contributed by atoms with Gasteiger partial charge >= 0.3 is 0 Å². The van der Waals surface area contributed by atoms with Crippen LogP contribution in [0, 0.1) is 0 Å². The maximum atomic E-state index is 14.1. The molecule has 5 amide bonds. The molecule has 2 fully saturated rings. The second kappa shape index (κ2) is 17.5. The van der Waals surface area contributed by atoms with Gasteiger partial charge in [-0.2, -0.15) is 0 Å². The molecular formula is C43H46F2N6O6S. The second-order valence-corrected chi connectivity index (χ2v) is 15.6. The molecule has 3 aromatic carbocycles. The van der Waals surface area contributed by atoms with Crippen LogP contribution in [0.4, 0.5) is 14.5 Å². The molecule has 1 saturated carbocycles. The van der Waals surface area contributed by atoms with E-state index in [0.29, 0.717) is 42.4 Å². The molecule has 4 aromatic rings. The summed E-state index contributed by atoms with van der Waals surface area (Å²) in [7, 11) is 0. The minimum absolute atomic E-state index is 0.0499. The summed E-state index contributed by atoms with van der Waals surface area (Å²) in [4.78, 5) is 64.4. The number of nitrogens with two attached hydrogens (primary N) is 1. The van der Waals surface area contributed by atoms with E-state index in [-0.39, 0.29) is 55.2 Å². The molecular weight excluding hydrogens is 767 g/mol. The molecule has 2 aliphatic heterocycles. The number of ether oxygens (including phenoxy) is 1. The second-order valence-electron chi connectivity index (χ2n) is 15.2. The number of halogens is 2. The number of imide groups is 2. The van der Waals surface area contributed by atoms with Crippen LogP contribution >= 0.6 is 12.2 Å². The average Bonchev–Trinajstić information content (AvgIpc) is 3.69. The van der Waals surface area contributed by atoms with Gasteiger partial charge in [0.25, 0.3) is 11.8 Å². The maximum absolute atomic E-state index is 14.1. The predicted molar refractivity (Wildman–Crippen MR) is 219 cm³/mol. The van der Waals surface area contributed by atoms with Crippen molar-refractivity contribution in [3.63, 3.8) is 0 Å². The lowest BCUT2D eigenvalue weighted by Gasteiger charge is -2.29. The molecule has 12 nitrogen and oxygen atoms in total. The first-order chi connectivity index (χ1) is 27.9. The summed E-state index contributed by atoms with van der Waals surface area (Å²) in [6.45, 7) is 1.56. The molecule has 5 N–H and O–H groups in total. The summed E-state index contributed by atoms with van der Waals surface area (Å²) in [5.41, 5.74) is 10.3. The number of nitrogens with one attached hydrogen (secondary N) is 3. The van der Waals surface area contributed by atoms with E-state index in [1.807, 2.05) is 48.7 Å². The molecule has 58 heavy (non-hydrogen) atoms. The van der Waals surface area contributed by atoms with Crippen molar-refractivity contribution >= 4 is 63.3 Å². The Morgan fingerprint density at radius 2 is 1.69 bits per heavy atom. The van der Waals surface area contributed by atoms with Gasteiger partial charge in [0.05, 0.1) is 23.3 Å². The first-order valence-electron chi connectivity index (χ1n) is 19.8. The van der Waals surface area contributed by atoms with Crippen molar-refractivity contribution in [1.82, 2.24) is 20.1 Å². The van der Waals surface area contributed by atoms with Crippen LogP contribution in [-0.2, 0) is 14.4 Å². The third-order valence-corrected chi connectivity index (χ3v) is 11.4. The van der Waals surface area contributed by atoms with Gasteiger partial charge in [-0.15, -0.1) is 0 Å². The molecule has 7 rings (SSSR count). The Balaban J connectivity index is 0.852. The van der Waals surface area contributed by atoms with Crippen LogP contribution in [0.25, 0.3) is 22.0 Å². The number of hydrogen-bond donors (Lipinski definition) is 4. The van der Waals surface area contributed by atoms with Crippen LogP contribution < -0.4 is 26.4 Å². The normalized spacial score (nSPS) is 18.0. The summed E-state index contributed by atoms with van der Waals surface area (Å²) < 4.78 is 36.2. The Labute approximate surface area is 339 Å². The summed E-state index contributed by atoms with van der Waals surface area (Å²) in [6, 6.07) is 17.0. The molecule has 3 heterocycles. The van der Waals surface area contributed by atoms with E-state index in [4.69, 9.17) is 22.7 Å². The maximum Gasteiger partial charge on any atom is 0.266 e. The van der Waals surface area contributed by atoms with Crippen LogP contribution in [0.15, 0.2) is 66.9 Å². The molecule has 1 atom stereocenters. The van der Waals surface area contributed by atoms with Crippen molar-refractivity contribution in [1.29, 1.82) is 0 Å². The van der Waals surface area contributed by atoms with Crippen molar-refractivity contribution in [3.8, 4) is 16.9 Å². The standard InChI is InChI=1S/C43H46F2N6O6S/c44-43(45)18-15-29(16-19-43)50-25-32(26-7-5-8-27(23-26)39(46)58)30-12-11-28(24-34(30)50)48-37(53)17-21-47-20-3-1-2-4-22-57-35-10-6-9-31-38(35)42(56)51(41(31)55)33-13-14-36(52)49-40(33)54/h5-12,23-25,29,33,47H,1-4,13-22H2,(H2,46,58)(H,48,53)(H,49,52,54). The van der Waals surface area contributed by atoms with E-state index in [1.165, 1.54) is 6.07 Å². The Hall–Kier alpha value is -5.54. The van der Waals surface area contributed by atoms with Crippen molar-refractivity contribution < 1.29 is 37.5 Å². The summed E-state index contributed by atoms with van der Waals surface area (Å²) in [5.74, 6) is -4.76. The third kappa shape index (κ3) is 8.95. The lowest BCUT2D eigenvalue weighted by Crippen LogP contribution is -2.54. The van der Waals surface area contributed by atoms with Gasteiger partial charge in [-0.3, -0.25) is 34.2 Å². The smallest absolute Gasteiger partial charge is 0.266 e. The van der Waals surface area contributed by atoms with Gasteiger partial charge in [0.15, 0.2) is 0 Å². The first kappa shape index (κ1) is 40.6. The van der Waals surface area contributed by atoms with Gasteiger partial charge in [-0.25, -0.2) is 8.78 Å². The molecule has 1 aromatic heterocycles. The molecule has 1 saturated heterocycles. The molecule has 1 unspecified atom stereocenters. The molecule has 0 bridgehead atoms. The molecule has 0 spiro atoms. The van der Waals surface area contributed by atoms with Gasteiger partial charge in [0.2, 0.25) is 23.6 Å². The number of aromatic nitrogens is 1. The lowest BCUT2D eigenvalue weighted by molar-refractivity contribution is -0.136. The van der Waals surface area contributed by atoms with Crippen LogP contribution in [-0.4, -0.2) is 75.7 Å². The lowest BCUT2D eigenvalue weighted by atomic mass is 9.92. The number of hydrogen-bond acceptors (Lipinski definition) is 8. The highest BCUT2D eigenvalue weighted by molar-refractivity contribution is 7.80. The fourth-order valence-electron chi connectivity index (χ4n) is 8.05. The van der Waals surface area contributed by atoms with E-state index in [9.17, 15) is 32.8 Å². The van der Waals surface area contributed by atoms with Gasteiger partial charge in [0.1, 0.15) is 16.8 Å². The highest BCUT2D eigenvalue weighted by Crippen LogP contribution is 2.42. The summed E-state index contributed by atoms with van der Waals surface area (Å²) in [5, 5.41) is 9.46. The molecule has 0 radical (unpaired) electrons. The van der Waals surface area contributed by atoms with Gasteiger partial charge in [0, 0.05) is 66.7 Å².